The highest BCUT2D eigenvalue weighted by molar-refractivity contribution is 5.95. The van der Waals surface area contributed by atoms with E-state index in [1.807, 2.05) is 4.90 Å². The summed E-state index contributed by atoms with van der Waals surface area (Å²) >= 11 is 0. The summed E-state index contributed by atoms with van der Waals surface area (Å²) < 4.78 is 61.2. The Labute approximate surface area is 226 Å². The summed E-state index contributed by atoms with van der Waals surface area (Å²) in [5, 5.41) is 9.47. The molecule has 2 aromatic rings. The molecule has 39 heavy (non-hydrogen) atoms. The second-order valence-corrected chi connectivity index (χ2v) is 11.2. The number of amides is 1. The molecule has 1 amide bonds. The predicted octanol–water partition coefficient (Wildman–Crippen LogP) is 5.31. The van der Waals surface area contributed by atoms with Gasteiger partial charge in [0.1, 0.15) is 5.82 Å². The lowest BCUT2D eigenvalue weighted by atomic mass is 9.67. The van der Waals surface area contributed by atoms with Gasteiger partial charge in [0.2, 0.25) is 5.88 Å². The summed E-state index contributed by atoms with van der Waals surface area (Å²) in [6, 6.07) is 7.68. The van der Waals surface area contributed by atoms with Crippen LogP contribution < -0.4 is 4.74 Å². The highest BCUT2D eigenvalue weighted by atomic mass is 19.4. The van der Waals surface area contributed by atoms with Crippen molar-refractivity contribution in [3.63, 3.8) is 0 Å². The first-order valence-corrected chi connectivity index (χ1v) is 13.8. The van der Waals surface area contributed by atoms with Crippen molar-refractivity contribution in [1.29, 1.82) is 0 Å². The van der Waals surface area contributed by atoms with Crippen LogP contribution in [0, 0.1) is 17.2 Å². The zero-order valence-electron chi connectivity index (χ0n) is 21.9. The Morgan fingerprint density at radius 2 is 1.79 bits per heavy atom. The van der Waals surface area contributed by atoms with Crippen LogP contribution >= 0.6 is 0 Å². The van der Waals surface area contributed by atoms with Crippen LogP contribution in [0.3, 0.4) is 0 Å². The third-order valence-electron chi connectivity index (χ3n) is 8.73. The zero-order valence-corrected chi connectivity index (χ0v) is 21.9. The number of benzene rings is 1. The summed E-state index contributed by atoms with van der Waals surface area (Å²) in [6.07, 6.45) is 1.65. The standard InChI is InChI=1S/C29H35F4N3O3/c30-25-15-21(4-6-24(25)27(38)36-12-1-3-23(36)17-37)22-5-7-26(34-16-22)39-18-20-8-13-35(14-9-20)19-28(10-2-11-28)29(31,32)33/h4-7,15-16,20,23,37H,1-3,8-14,17-19H2/t23-/m1/s1. The molecule has 1 atom stereocenters. The van der Waals surface area contributed by atoms with Gasteiger partial charge in [-0.25, -0.2) is 9.37 Å². The van der Waals surface area contributed by atoms with Crippen molar-refractivity contribution in [1.82, 2.24) is 14.8 Å². The number of ether oxygens (including phenoxy) is 1. The SMILES string of the molecule is O=C(c1ccc(-c2ccc(OCC3CCN(CC4(C(F)(F)F)CCC4)CC3)nc2)cc1F)N1CCC[C@@H]1CO. The number of carbonyl (C=O) groups excluding carboxylic acids is 1. The highest BCUT2D eigenvalue weighted by Gasteiger charge is 2.58. The van der Waals surface area contributed by atoms with Gasteiger partial charge in [0.25, 0.3) is 5.91 Å². The van der Waals surface area contributed by atoms with Crippen molar-refractivity contribution in [3.05, 3.63) is 47.9 Å². The topological polar surface area (TPSA) is 65.9 Å². The number of aliphatic hydroxyl groups is 1. The third kappa shape index (κ3) is 5.91. The number of piperidine rings is 1. The molecule has 0 unspecified atom stereocenters. The van der Waals surface area contributed by atoms with Crippen LogP contribution in [0.4, 0.5) is 17.6 Å². The van der Waals surface area contributed by atoms with E-state index in [4.69, 9.17) is 4.74 Å². The molecule has 0 radical (unpaired) electrons. The summed E-state index contributed by atoms with van der Waals surface area (Å²) in [4.78, 5) is 20.6. The molecule has 6 nitrogen and oxygen atoms in total. The molecular formula is C29H35F4N3O3. The summed E-state index contributed by atoms with van der Waals surface area (Å²) in [7, 11) is 0. The van der Waals surface area contributed by atoms with Crippen molar-refractivity contribution in [2.24, 2.45) is 11.3 Å². The first kappa shape index (κ1) is 27.8. The average molecular weight is 550 g/mol. The molecule has 2 aliphatic heterocycles. The van der Waals surface area contributed by atoms with Gasteiger partial charge in [0.15, 0.2) is 0 Å². The van der Waals surface area contributed by atoms with Gasteiger partial charge in [0.05, 0.1) is 30.2 Å². The van der Waals surface area contributed by atoms with Gasteiger partial charge in [-0.1, -0.05) is 12.5 Å². The van der Waals surface area contributed by atoms with Crippen LogP contribution in [0.15, 0.2) is 36.5 Å². The number of aliphatic hydroxyl groups excluding tert-OH is 1. The molecule has 5 rings (SSSR count). The minimum absolute atomic E-state index is 0.0145. The molecule has 3 fully saturated rings. The van der Waals surface area contributed by atoms with Crippen LogP contribution in [0.2, 0.25) is 0 Å². The van der Waals surface area contributed by atoms with Gasteiger partial charge in [-0.05, 0) is 81.3 Å². The van der Waals surface area contributed by atoms with Gasteiger partial charge in [-0.15, -0.1) is 0 Å². The van der Waals surface area contributed by atoms with E-state index in [1.165, 1.54) is 17.0 Å². The van der Waals surface area contributed by atoms with E-state index in [9.17, 15) is 27.5 Å². The molecule has 3 heterocycles. The quantitative estimate of drug-likeness (QED) is 0.453. The van der Waals surface area contributed by atoms with Gasteiger partial charge >= 0.3 is 6.18 Å². The number of aromatic nitrogens is 1. The van der Waals surface area contributed by atoms with E-state index < -0.39 is 23.3 Å². The maximum Gasteiger partial charge on any atom is 0.395 e. The first-order chi connectivity index (χ1) is 18.7. The Bertz CT molecular complexity index is 1150. The summed E-state index contributed by atoms with van der Waals surface area (Å²) in [6.45, 7) is 2.20. The fraction of sp³-hybridized carbons (Fsp3) is 0.586. The minimum Gasteiger partial charge on any atom is -0.477 e. The minimum atomic E-state index is -4.13. The van der Waals surface area contributed by atoms with Crippen molar-refractivity contribution in [2.45, 2.75) is 57.2 Å². The Hall–Kier alpha value is -2.72. The fourth-order valence-electron chi connectivity index (χ4n) is 6.03. The lowest BCUT2D eigenvalue weighted by Gasteiger charge is -2.47. The normalized spacial score (nSPS) is 22.1. The maximum atomic E-state index is 14.9. The van der Waals surface area contributed by atoms with Gasteiger partial charge in [-0.3, -0.25) is 4.79 Å². The summed E-state index contributed by atoms with van der Waals surface area (Å²) in [5.41, 5.74) is -0.270. The van der Waals surface area contributed by atoms with E-state index in [2.05, 4.69) is 4.98 Å². The molecule has 1 aromatic heterocycles. The molecule has 1 aliphatic carbocycles. The molecule has 1 aromatic carbocycles. The maximum absolute atomic E-state index is 14.9. The number of alkyl halides is 3. The van der Waals surface area contributed by atoms with Crippen molar-refractivity contribution >= 4 is 5.91 Å². The largest absolute Gasteiger partial charge is 0.477 e. The van der Waals surface area contributed by atoms with Crippen LogP contribution in [-0.2, 0) is 0 Å². The highest BCUT2D eigenvalue weighted by Crippen LogP contribution is 2.53. The average Bonchev–Trinajstić information content (AvgIpc) is 3.38. The van der Waals surface area contributed by atoms with E-state index in [0.717, 1.165) is 19.3 Å². The Kier molecular flexibility index (Phi) is 8.14. The molecular weight excluding hydrogens is 514 g/mol. The van der Waals surface area contributed by atoms with Crippen molar-refractivity contribution < 1.29 is 32.2 Å². The van der Waals surface area contributed by atoms with Crippen LogP contribution in [0.25, 0.3) is 11.1 Å². The first-order valence-electron chi connectivity index (χ1n) is 13.8. The van der Waals surface area contributed by atoms with E-state index in [0.29, 0.717) is 56.1 Å². The molecule has 2 saturated heterocycles. The number of nitrogens with zero attached hydrogens (tertiary/aromatic N) is 3. The lowest BCUT2D eigenvalue weighted by molar-refractivity contribution is -0.256. The number of hydrogen-bond acceptors (Lipinski definition) is 5. The van der Waals surface area contributed by atoms with E-state index >= 15 is 0 Å². The number of hydrogen-bond donors (Lipinski definition) is 1. The number of halogens is 4. The van der Waals surface area contributed by atoms with Crippen LogP contribution in [-0.4, -0.2) is 77.4 Å². The number of carbonyl (C=O) groups is 1. The zero-order chi connectivity index (χ0) is 27.6. The van der Waals surface area contributed by atoms with Crippen molar-refractivity contribution in [3.8, 4) is 17.0 Å². The Morgan fingerprint density at radius 3 is 2.38 bits per heavy atom. The number of pyridine rings is 1. The molecule has 1 N–H and O–H groups in total. The fourth-order valence-corrected chi connectivity index (χ4v) is 6.03. The van der Waals surface area contributed by atoms with Crippen LogP contribution in [0.1, 0.15) is 55.3 Å². The Balaban J connectivity index is 1.11. The molecule has 10 heteroatoms. The molecule has 3 aliphatic rings. The lowest BCUT2D eigenvalue weighted by Crippen LogP contribution is -2.53. The molecule has 1 saturated carbocycles. The second-order valence-electron chi connectivity index (χ2n) is 11.2. The second kappa shape index (κ2) is 11.4. The Morgan fingerprint density at radius 1 is 1.05 bits per heavy atom. The molecule has 212 valence electrons. The molecule has 0 bridgehead atoms. The van der Waals surface area contributed by atoms with Gasteiger partial charge in [-0.2, -0.15) is 13.2 Å². The van der Waals surface area contributed by atoms with Crippen molar-refractivity contribution in [2.75, 3.05) is 39.4 Å². The third-order valence-corrected chi connectivity index (χ3v) is 8.73. The smallest absolute Gasteiger partial charge is 0.395 e. The number of likely N-dealkylation sites (tertiary alicyclic amines) is 2. The van der Waals surface area contributed by atoms with E-state index in [-0.39, 0.29) is 43.5 Å². The van der Waals surface area contributed by atoms with E-state index in [1.54, 1.807) is 24.4 Å². The monoisotopic (exact) mass is 549 g/mol. The summed E-state index contributed by atoms with van der Waals surface area (Å²) in [5.74, 6) is -0.341. The predicted molar refractivity (Wildman–Crippen MR) is 138 cm³/mol. The van der Waals surface area contributed by atoms with Crippen LogP contribution in [0.5, 0.6) is 5.88 Å². The van der Waals surface area contributed by atoms with Gasteiger partial charge < -0.3 is 19.6 Å². The number of rotatable bonds is 8. The van der Waals surface area contributed by atoms with Gasteiger partial charge in [0, 0.05) is 30.9 Å². The molecule has 0 spiro atoms.